The molecule has 6 nitrogen and oxygen atoms in total. The molecular weight excluding hydrogens is 280 g/mol. The molecule has 2 aromatic rings. The number of aromatic nitrogens is 2. The predicted molar refractivity (Wildman–Crippen MR) is 72.9 cm³/mol. The molecule has 0 saturated carbocycles. The first-order valence-corrected chi connectivity index (χ1v) is 7.36. The zero-order valence-corrected chi connectivity index (χ0v) is 12.3. The van der Waals surface area contributed by atoms with Crippen molar-refractivity contribution < 1.29 is 17.3 Å². The number of ether oxygens (including phenoxy) is 1. The molecule has 20 heavy (non-hydrogen) atoms. The van der Waals surface area contributed by atoms with E-state index in [1.165, 1.54) is 23.9 Å². The zero-order valence-electron chi connectivity index (χ0n) is 11.5. The van der Waals surface area contributed by atoms with Crippen molar-refractivity contribution >= 4 is 10.1 Å². The lowest BCUT2D eigenvalue weighted by Gasteiger charge is -2.06. The van der Waals surface area contributed by atoms with Gasteiger partial charge in [-0.2, -0.15) is 8.42 Å². The Morgan fingerprint density at radius 3 is 2.45 bits per heavy atom. The van der Waals surface area contributed by atoms with Crippen LogP contribution in [0.1, 0.15) is 11.3 Å². The van der Waals surface area contributed by atoms with Gasteiger partial charge in [0.1, 0.15) is 6.61 Å². The van der Waals surface area contributed by atoms with Crippen LogP contribution in [0.4, 0.5) is 0 Å². The van der Waals surface area contributed by atoms with E-state index in [2.05, 4.69) is 5.10 Å². The van der Waals surface area contributed by atoms with Crippen LogP contribution in [0.2, 0.25) is 0 Å². The van der Waals surface area contributed by atoms with E-state index in [4.69, 9.17) is 8.92 Å². The summed E-state index contributed by atoms with van der Waals surface area (Å²) < 4.78 is 35.6. The lowest BCUT2D eigenvalue weighted by Crippen LogP contribution is -2.08. The zero-order chi connectivity index (χ0) is 14.8. The van der Waals surface area contributed by atoms with Crippen molar-refractivity contribution in [3.63, 3.8) is 0 Å². The Hall–Kier alpha value is -1.86. The van der Waals surface area contributed by atoms with Crippen LogP contribution in [-0.2, 0) is 28.0 Å². The van der Waals surface area contributed by atoms with Gasteiger partial charge < -0.3 is 4.74 Å². The fourth-order valence-corrected chi connectivity index (χ4v) is 2.50. The average molecular weight is 296 g/mol. The molecule has 0 atom stereocenters. The summed E-state index contributed by atoms with van der Waals surface area (Å²) in [5, 5.41) is 4.03. The fraction of sp³-hybridized carbons (Fsp3) is 0.308. The monoisotopic (exact) mass is 296 g/mol. The van der Waals surface area contributed by atoms with Crippen LogP contribution in [0.5, 0.6) is 5.88 Å². The summed E-state index contributed by atoms with van der Waals surface area (Å²) in [7, 11) is -0.581. The first-order valence-electron chi connectivity index (χ1n) is 5.95. The Bertz CT molecular complexity index is 690. The van der Waals surface area contributed by atoms with E-state index >= 15 is 0 Å². The first kappa shape index (κ1) is 14.5. The molecule has 0 spiro atoms. The van der Waals surface area contributed by atoms with E-state index in [-0.39, 0.29) is 11.5 Å². The molecule has 108 valence electrons. The van der Waals surface area contributed by atoms with Crippen LogP contribution in [0, 0.1) is 6.92 Å². The lowest BCUT2D eigenvalue weighted by molar-refractivity contribution is 0.297. The smallest absolute Gasteiger partial charge is 0.297 e. The van der Waals surface area contributed by atoms with E-state index < -0.39 is 10.1 Å². The fourth-order valence-electron chi connectivity index (χ4n) is 1.62. The van der Waals surface area contributed by atoms with Gasteiger partial charge >= 0.3 is 0 Å². The highest BCUT2D eigenvalue weighted by atomic mass is 32.2. The molecule has 0 amide bonds. The Labute approximate surface area is 118 Å². The number of hydrogen-bond acceptors (Lipinski definition) is 5. The maximum absolute atomic E-state index is 12.0. The molecule has 0 aliphatic heterocycles. The van der Waals surface area contributed by atoms with Crippen molar-refractivity contribution in [1.29, 1.82) is 0 Å². The molecule has 0 aliphatic carbocycles. The molecule has 0 bridgehead atoms. The van der Waals surface area contributed by atoms with Crippen molar-refractivity contribution in [2.45, 2.75) is 18.4 Å². The highest BCUT2D eigenvalue weighted by Crippen LogP contribution is 2.17. The van der Waals surface area contributed by atoms with Gasteiger partial charge in [0.2, 0.25) is 5.88 Å². The quantitative estimate of drug-likeness (QED) is 0.784. The third kappa shape index (κ3) is 3.17. The van der Waals surface area contributed by atoms with E-state index in [0.29, 0.717) is 11.6 Å². The van der Waals surface area contributed by atoms with E-state index in [0.717, 1.165) is 5.56 Å². The van der Waals surface area contributed by atoms with Gasteiger partial charge in [-0.15, -0.1) is 5.10 Å². The molecule has 0 fully saturated rings. The minimum atomic E-state index is -3.77. The normalized spacial score (nSPS) is 11.6. The SMILES string of the molecule is COc1cc(COS(=O)(=O)c2ccc(C)cc2)n(C)n1. The van der Waals surface area contributed by atoms with Crippen LogP contribution in [-0.4, -0.2) is 25.3 Å². The molecule has 0 N–H and O–H groups in total. The third-order valence-corrected chi connectivity index (χ3v) is 4.11. The third-order valence-electron chi connectivity index (χ3n) is 2.84. The summed E-state index contributed by atoms with van der Waals surface area (Å²) in [6, 6.07) is 8.13. The topological polar surface area (TPSA) is 70.4 Å². The minimum Gasteiger partial charge on any atom is -0.480 e. The Balaban J connectivity index is 2.12. The van der Waals surface area contributed by atoms with Gasteiger partial charge in [0, 0.05) is 13.1 Å². The Kier molecular flexibility index (Phi) is 4.10. The molecule has 0 saturated heterocycles. The summed E-state index contributed by atoms with van der Waals surface area (Å²) in [5.74, 6) is 0.416. The number of rotatable bonds is 5. The highest BCUT2D eigenvalue weighted by molar-refractivity contribution is 7.86. The van der Waals surface area contributed by atoms with Crippen molar-refractivity contribution in [3.05, 3.63) is 41.6 Å². The molecule has 0 radical (unpaired) electrons. The van der Waals surface area contributed by atoms with Crippen molar-refractivity contribution in [3.8, 4) is 5.88 Å². The molecule has 2 rings (SSSR count). The first-order chi connectivity index (χ1) is 9.42. The van der Waals surface area contributed by atoms with Gasteiger partial charge in [0.05, 0.1) is 17.7 Å². The molecule has 1 aromatic carbocycles. The molecule has 0 unspecified atom stereocenters. The summed E-state index contributed by atoms with van der Waals surface area (Å²) in [6.07, 6.45) is 0. The van der Waals surface area contributed by atoms with E-state index in [1.807, 2.05) is 6.92 Å². The predicted octanol–water partition coefficient (Wildman–Crippen LogP) is 1.64. The second-order valence-electron chi connectivity index (χ2n) is 4.33. The number of hydrogen-bond donors (Lipinski definition) is 0. The maximum atomic E-state index is 12.0. The highest BCUT2D eigenvalue weighted by Gasteiger charge is 2.16. The van der Waals surface area contributed by atoms with Crippen LogP contribution in [0.3, 0.4) is 0 Å². The van der Waals surface area contributed by atoms with Gasteiger partial charge in [-0.3, -0.25) is 8.86 Å². The van der Waals surface area contributed by atoms with Gasteiger partial charge in [-0.05, 0) is 19.1 Å². The number of benzene rings is 1. The van der Waals surface area contributed by atoms with Crippen LogP contribution < -0.4 is 4.74 Å². The van der Waals surface area contributed by atoms with Crippen molar-refractivity contribution in [1.82, 2.24) is 9.78 Å². The summed E-state index contributed by atoms with van der Waals surface area (Å²) in [5.41, 5.74) is 1.60. The maximum Gasteiger partial charge on any atom is 0.297 e. The van der Waals surface area contributed by atoms with Gasteiger partial charge in [0.15, 0.2) is 0 Å². The summed E-state index contributed by atoms with van der Waals surface area (Å²) in [6.45, 7) is 1.79. The Morgan fingerprint density at radius 1 is 1.25 bits per heavy atom. The van der Waals surface area contributed by atoms with E-state index in [9.17, 15) is 8.42 Å². The van der Waals surface area contributed by atoms with Crippen LogP contribution >= 0.6 is 0 Å². The minimum absolute atomic E-state index is 0.0942. The average Bonchev–Trinajstić information content (AvgIpc) is 2.78. The number of aryl methyl sites for hydroxylation is 2. The largest absolute Gasteiger partial charge is 0.480 e. The number of methoxy groups -OCH3 is 1. The second-order valence-corrected chi connectivity index (χ2v) is 5.95. The molecule has 1 heterocycles. The second kappa shape index (κ2) is 5.64. The van der Waals surface area contributed by atoms with Gasteiger partial charge in [-0.25, -0.2) is 0 Å². The van der Waals surface area contributed by atoms with Gasteiger partial charge in [0.25, 0.3) is 10.1 Å². The standard InChI is InChI=1S/C13H16N2O4S/c1-10-4-6-12(7-5-10)20(16,17)19-9-11-8-13(18-3)14-15(11)2/h4-8H,9H2,1-3H3. The molecule has 0 aliphatic rings. The van der Waals surface area contributed by atoms with Crippen molar-refractivity contribution in [2.24, 2.45) is 7.05 Å². The molecule has 1 aromatic heterocycles. The van der Waals surface area contributed by atoms with Crippen LogP contribution in [0.25, 0.3) is 0 Å². The molecule has 7 heteroatoms. The van der Waals surface area contributed by atoms with Crippen molar-refractivity contribution in [2.75, 3.05) is 7.11 Å². The summed E-state index contributed by atoms with van der Waals surface area (Å²) >= 11 is 0. The van der Waals surface area contributed by atoms with E-state index in [1.54, 1.807) is 25.2 Å². The van der Waals surface area contributed by atoms with Gasteiger partial charge in [-0.1, -0.05) is 17.7 Å². The number of nitrogens with zero attached hydrogens (tertiary/aromatic N) is 2. The lowest BCUT2D eigenvalue weighted by atomic mass is 10.2. The van der Waals surface area contributed by atoms with Crippen LogP contribution in [0.15, 0.2) is 35.2 Å². The Morgan fingerprint density at radius 2 is 1.90 bits per heavy atom. The molecular formula is C13H16N2O4S. The summed E-state index contributed by atoms with van der Waals surface area (Å²) in [4.78, 5) is 0.136.